The smallest absolute Gasteiger partial charge is 0.00471 e. The molecule has 2 aliphatic rings. The van der Waals surface area contributed by atoms with Crippen molar-refractivity contribution in [3.8, 4) is 0 Å². The molecule has 0 unspecified atom stereocenters. The molecular weight excluding hydrogens is 190 g/mol. The molecule has 1 aliphatic heterocycles. The molecule has 1 saturated carbocycles. The summed E-state index contributed by atoms with van der Waals surface area (Å²) in [4.78, 5) is 0. The first-order valence-corrected chi connectivity index (χ1v) is 7.32. The van der Waals surface area contributed by atoms with E-state index >= 15 is 0 Å². The van der Waals surface area contributed by atoms with Crippen molar-refractivity contribution in [2.75, 3.05) is 18.8 Å². The van der Waals surface area contributed by atoms with Gasteiger partial charge in [-0.1, -0.05) is 19.3 Å². The Morgan fingerprint density at radius 2 is 1.86 bits per heavy atom. The Hall–Kier alpha value is 0.310. The van der Waals surface area contributed by atoms with E-state index in [-0.39, 0.29) is 0 Å². The van der Waals surface area contributed by atoms with Crippen LogP contribution < -0.4 is 5.32 Å². The highest BCUT2D eigenvalue weighted by molar-refractivity contribution is 7.99. The molecule has 1 aliphatic carbocycles. The van der Waals surface area contributed by atoms with Crippen LogP contribution >= 0.6 is 11.8 Å². The van der Waals surface area contributed by atoms with E-state index in [1.54, 1.807) is 0 Å². The molecule has 1 atom stereocenters. The van der Waals surface area contributed by atoms with Crippen molar-refractivity contribution < 1.29 is 0 Å². The molecule has 1 heterocycles. The van der Waals surface area contributed by atoms with E-state index < -0.39 is 0 Å². The Kier molecular flexibility index (Phi) is 4.65. The lowest BCUT2D eigenvalue weighted by atomic mass is 10.0. The number of piperidine rings is 1. The molecule has 0 spiro atoms. The molecule has 1 N–H and O–H groups in total. The zero-order chi connectivity index (χ0) is 9.64. The molecule has 0 aromatic carbocycles. The van der Waals surface area contributed by atoms with Crippen molar-refractivity contribution in [2.45, 2.75) is 50.2 Å². The summed E-state index contributed by atoms with van der Waals surface area (Å²) >= 11 is 2.26. The molecule has 0 aromatic heterocycles. The van der Waals surface area contributed by atoms with Crippen molar-refractivity contribution in [1.82, 2.24) is 5.32 Å². The summed E-state index contributed by atoms with van der Waals surface area (Å²) in [7, 11) is 0. The largest absolute Gasteiger partial charge is 0.316 e. The summed E-state index contributed by atoms with van der Waals surface area (Å²) < 4.78 is 0. The summed E-state index contributed by atoms with van der Waals surface area (Å²) in [5.41, 5.74) is 0. The van der Waals surface area contributed by atoms with Gasteiger partial charge in [-0.3, -0.25) is 0 Å². The van der Waals surface area contributed by atoms with Gasteiger partial charge in [0.05, 0.1) is 0 Å². The van der Waals surface area contributed by atoms with Gasteiger partial charge in [0.25, 0.3) is 0 Å². The van der Waals surface area contributed by atoms with Crippen LogP contribution in [0.15, 0.2) is 0 Å². The highest BCUT2D eigenvalue weighted by Gasteiger charge is 2.17. The molecule has 14 heavy (non-hydrogen) atoms. The lowest BCUT2D eigenvalue weighted by Crippen LogP contribution is -2.31. The maximum atomic E-state index is 3.51. The SMILES string of the molecule is C1CCC(SC[C@@H]2CCCNC2)CC1. The monoisotopic (exact) mass is 213 g/mol. The highest BCUT2D eigenvalue weighted by Crippen LogP contribution is 2.30. The lowest BCUT2D eigenvalue weighted by molar-refractivity contribution is 0.409. The van der Waals surface area contributed by atoms with Crippen LogP contribution in [0.5, 0.6) is 0 Å². The van der Waals surface area contributed by atoms with Gasteiger partial charge >= 0.3 is 0 Å². The number of hydrogen-bond acceptors (Lipinski definition) is 2. The fourth-order valence-electron chi connectivity index (χ4n) is 2.57. The Morgan fingerprint density at radius 1 is 1.00 bits per heavy atom. The maximum Gasteiger partial charge on any atom is 0.00471 e. The van der Waals surface area contributed by atoms with E-state index in [4.69, 9.17) is 0 Å². The van der Waals surface area contributed by atoms with Crippen molar-refractivity contribution in [1.29, 1.82) is 0 Å². The van der Waals surface area contributed by atoms with Gasteiger partial charge in [0.15, 0.2) is 0 Å². The van der Waals surface area contributed by atoms with E-state index in [0.29, 0.717) is 0 Å². The van der Waals surface area contributed by atoms with Gasteiger partial charge in [-0.05, 0) is 50.4 Å². The predicted molar refractivity (Wildman–Crippen MR) is 64.9 cm³/mol. The minimum absolute atomic E-state index is 0.968. The molecule has 2 heteroatoms. The van der Waals surface area contributed by atoms with E-state index in [1.165, 1.54) is 63.8 Å². The van der Waals surface area contributed by atoms with Crippen LogP contribution in [0.25, 0.3) is 0 Å². The topological polar surface area (TPSA) is 12.0 Å². The quantitative estimate of drug-likeness (QED) is 0.773. The molecular formula is C12H23NS. The van der Waals surface area contributed by atoms with Gasteiger partial charge in [0.2, 0.25) is 0 Å². The summed E-state index contributed by atoms with van der Waals surface area (Å²) in [6.45, 7) is 2.53. The predicted octanol–water partition coefficient (Wildman–Crippen LogP) is 3.05. The van der Waals surface area contributed by atoms with Crippen LogP contribution in [0.2, 0.25) is 0 Å². The molecule has 0 aromatic rings. The molecule has 1 saturated heterocycles. The van der Waals surface area contributed by atoms with Crippen molar-refractivity contribution in [2.24, 2.45) is 5.92 Å². The second-order valence-electron chi connectivity index (χ2n) is 4.81. The third-order valence-corrected chi connectivity index (χ3v) is 5.13. The second-order valence-corrected chi connectivity index (χ2v) is 6.14. The summed E-state index contributed by atoms with van der Waals surface area (Å²) in [6, 6.07) is 0. The van der Waals surface area contributed by atoms with Crippen LogP contribution in [0.1, 0.15) is 44.9 Å². The molecule has 0 radical (unpaired) electrons. The zero-order valence-corrected chi connectivity index (χ0v) is 9.95. The lowest BCUT2D eigenvalue weighted by Gasteiger charge is -2.26. The van der Waals surface area contributed by atoms with Crippen LogP contribution in [-0.4, -0.2) is 24.1 Å². The maximum absolute atomic E-state index is 3.51. The van der Waals surface area contributed by atoms with Gasteiger partial charge in [-0.15, -0.1) is 0 Å². The van der Waals surface area contributed by atoms with Crippen LogP contribution in [0, 0.1) is 5.92 Å². The first-order valence-electron chi connectivity index (χ1n) is 6.27. The summed E-state index contributed by atoms with van der Waals surface area (Å²) in [5.74, 6) is 2.38. The first-order chi connectivity index (χ1) is 6.95. The summed E-state index contributed by atoms with van der Waals surface area (Å²) in [6.07, 6.45) is 10.3. The van der Waals surface area contributed by atoms with Crippen LogP contribution in [0.4, 0.5) is 0 Å². The fourth-order valence-corrected chi connectivity index (χ4v) is 4.07. The van der Waals surface area contributed by atoms with Gasteiger partial charge in [-0.25, -0.2) is 0 Å². The fraction of sp³-hybridized carbons (Fsp3) is 1.00. The molecule has 2 fully saturated rings. The average Bonchev–Trinajstić information content (AvgIpc) is 2.29. The third kappa shape index (κ3) is 3.47. The number of hydrogen-bond donors (Lipinski definition) is 1. The van der Waals surface area contributed by atoms with E-state index in [0.717, 1.165) is 11.2 Å². The number of nitrogens with one attached hydrogen (secondary N) is 1. The second kappa shape index (κ2) is 6.02. The standard InChI is InChI=1S/C12H23NS/c1-2-6-12(7-3-1)14-10-11-5-4-8-13-9-11/h11-13H,1-10H2/t11-/m1/s1. The van der Waals surface area contributed by atoms with E-state index in [2.05, 4.69) is 17.1 Å². The van der Waals surface area contributed by atoms with Crippen molar-refractivity contribution in [3.63, 3.8) is 0 Å². The van der Waals surface area contributed by atoms with Crippen LogP contribution in [0.3, 0.4) is 0 Å². The zero-order valence-electron chi connectivity index (χ0n) is 9.13. The van der Waals surface area contributed by atoms with Crippen molar-refractivity contribution in [3.05, 3.63) is 0 Å². The van der Waals surface area contributed by atoms with E-state index in [9.17, 15) is 0 Å². The molecule has 0 amide bonds. The third-order valence-electron chi connectivity index (χ3n) is 3.52. The Morgan fingerprint density at radius 3 is 2.57 bits per heavy atom. The normalized spacial score (nSPS) is 30.4. The van der Waals surface area contributed by atoms with Crippen LogP contribution in [-0.2, 0) is 0 Å². The Balaban J connectivity index is 1.60. The molecule has 82 valence electrons. The average molecular weight is 213 g/mol. The van der Waals surface area contributed by atoms with Gasteiger partial charge in [-0.2, -0.15) is 11.8 Å². The molecule has 2 rings (SSSR count). The molecule has 1 nitrogen and oxygen atoms in total. The van der Waals surface area contributed by atoms with Gasteiger partial charge in [0, 0.05) is 5.25 Å². The molecule has 0 bridgehead atoms. The first kappa shape index (κ1) is 10.8. The minimum atomic E-state index is 0.968. The van der Waals surface area contributed by atoms with Gasteiger partial charge < -0.3 is 5.32 Å². The van der Waals surface area contributed by atoms with Gasteiger partial charge in [0.1, 0.15) is 0 Å². The Labute approximate surface area is 92.4 Å². The summed E-state index contributed by atoms with van der Waals surface area (Å²) in [5, 5.41) is 4.51. The highest BCUT2D eigenvalue weighted by atomic mass is 32.2. The minimum Gasteiger partial charge on any atom is -0.316 e. The number of rotatable bonds is 3. The van der Waals surface area contributed by atoms with E-state index in [1.807, 2.05) is 0 Å². The Bertz CT molecular complexity index is 130. The number of thioether (sulfide) groups is 1. The van der Waals surface area contributed by atoms with Crippen molar-refractivity contribution >= 4 is 11.8 Å².